The number of amides is 1. The molecule has 23 heavy (non-hydrogen) atoms. The van der Waals surface area contributed by atoms with Gasteiger partial charge in [0.25, 0.3) is 0 Å². The van der Waals surface area contributed by atoms with Crippen molar-refractivity contribution in [3.05, 3.63) is 30.1 Å². The summed E-state index contributed by atoms with van der Waals surface area (Å²) >= 11 is 1.69. The minimum absolute atomic E-state index is 0.0865. The molecule has 0 aliphatic rings. The van der Waals surface area contributed by atoms with E-state index in [0.29, 0.717) is 12.5 Å². The van der Waals surface area contributed by atoms with Crippen LogP contribution in [0.1, 0.15) is 20.3 Å². The standard InChI is InChI=1S/C16H25FN4OS/c1-3-18-15(22)12-21-16(19-4-2)20-10-5-11-23-14-8-6-13(17)7-9-14/h6-9H,3-5,10-12H2,1-2H3,(H,18,22)(H2,19,20,21). The van der Waals surface area contributed by atoms with E-state index in [4.69, 9.17) is 0 Å². The number of benzene rings is 1. The molecule has 0 saturated heterocycles. The smallest absolute Gasteiger partial charge is 0.241 e. The molecule has 7 heteroatoms. The highest BCUT2D eigenvalue weighted by Gasteiger charge is 2.01. The Hall–Kier alpha value is -1.76. The molecule has 0 aliphatic carbocycles. The number of nitrogens with one attached hydrogen (secondary N) is 3. The third-order valence-electron chi connectivity index (χ3n) is 2.79. The summed E-state index contributed by atoms with van der Waals surface area (Å²) in [6.07, 6.45) is 0.938. The summed E-state index contributed by atoms with van der Waals surface area (Å²) in [5.74, 6) is 1.27. The summed E-state index contributed by atoms with van der Waals surface area (Å²) in [5.41, 5.74) is 0. The second kappa shape index (κ2) is 11.8. The molecule has 0 aromatic heterocycles. The first-order valence-electron chi connectivity index (χ1n) is 7.83. The van der Waals surface area contributed by atoms with E-state index in [2.05, 4.69) is 20.9 Å². The number of hydrogen-bond donors (Lipinski definition) is 3. The second-order valence-electron chi connectivity index (χ2n) is 4.73. The predicted molar refractivity (Wildman–Crippen MR) is 94.4 cm³/mol. The van der Waals surface area contributed by atoms with Crippen LogP contribution in [0, 0.1) is 5.82 Å². The van der Waals surface area contributed by atoms with Gasteiger partial charge in [-0.25, -0.2) is 9.38 Å². The minimum atomic E-state index is -0.213. The third-order valence-corrected chi connectivity index (χ3v) is 3.89. The number of carbonyl (C=O) groups excluding carboxylic acids is 1. The number of aliphatic imine (C=N–C) groups is 1. The highest BCUT2D eigenvalue weighted by atomic mass is 32.2. The Morgan fingerprint density at radius 1 is 1.13 bits per heavy atom. The van der Waals surface area contributed by atoms with Crippen molar-refractivity contribution >= 4 is 23.6 Å². The Morgan fingerprint density at radius 3 is 2.48 bits per heavy atom. The van der Waals surface area contributed by atoms with Crippen LogP contribution in [-0.4, -0.2) is 43.8 Å². The minimum Gasteiger partial charge on any atom is -0.357 e. The highest BCUT2D eigenvalue weighted by Crippen LogP contribution is 2.18. The van der Waals surface area contributed by atoms with E-state index in [1.807, 2.05) is 13.8 Å². The molecule has 1 aromatic rings. The topological polar surface area (TPSA) is 65.5 Å². The number of thioether (sulfide) groups is 1. The summed E-state index contributed by atoms with van der Waals surface area (Å²) in [5, 5.41) is 9.01. The first-order chi connectivity index (χ1) is 11.2. The molecule has 0 unspecified atom stereocenters. The number of hydrogen-bond acceptors (Lipinski definition) is 3. The lowest BCUT2D eigenvalue weighted by molar-refractivity contribution is -0.119. The zero-order valence-corrected chi connectivity index (χ0v) is 14.5. The van der Waals surface area contributed by atoms with Gasteiger partial charge in [0, 0.05) is 24.5 Å². The van der Waals surface area contributed by atoms with Crippen molar-refractivity contribution in [2.45, 2.75) is 25.2 Å². The third kappa shape index (κ3) is 9.07. The maximum absolute atomic E-state index is 12.8. The van der Waals surface area contributed by atoms with Gasteiger partial charge in [0.1, 0.15) is 12.4 Å². The molecule has 3 N–H and O–H groups in total. The molecule has 1 aromatic carbocycles. The van der Waals surface area contributed by atoms with E-state index in [-0.39, 0.29) is 18.3 Å². The normalized spacial score (nSPS) is 11.2. The molecule has 0 bridgehead atoms. The summed E-state index contributed by atoms with van der Waals surface area (Å²) in [7, 11) is 0. The number of likely N-dealkylation sites (N-methyl/N-ethyl adjacent to an activating group) is 1. The van der Waals surface area contributed by atoms with Crippen molar-refractivity contribution in [2.75, 3.05) is 31.9 Å². The number of nitrogens with zero attached hydrogens (tertiary/aromatic N) is 1. The molecule has 1 rings (SSSR count). The molecule has 0 heterocycles. The molecule has 128 valence electrons. The summed E-state index contributed by atoms with van der Waals surface area (Å²) in [4.78, 5) is 16.7. The zero-order chi connectivity index (χ0) is 16.9. The van der Waals surface area contributed by atoms with Gasteiger partial charge in [-0.15, -0.1) is 11.8 Å². The Kier molecular flexibility index (Phi) is 9.86. The van der Waals surface area contributed by atoms with Gasteiger partial charge in [-0.1, -0.05) is 0 Å². The largest absolute Gasteiger partial charge is 0.357 e. The molecular formula is C16H25FN4OS. The fraction of sp³-hybridized carbons (Fsp3) is 0.500. The Bertz CT molecular complexity index is 493. The van der Waals surface area contributed by atoms with Crippen LogP contribution in [0.2, 0.25) is 0 Å². The zero-order valence-electron chi connectivity index (χ0n) is 13.7. The Labute approximate surface area is 141 Å². The molecule has 0 atom stereocenters. The number of rotatable bonds is 9. The lowest BCUT2D eigenvalue weighted by atomic mass is 10.4. The summed E-state index contributed by atoms with van der Waals surface area (Å²) in [6, 6.07) is 6.51. The monoisotopic (exact) mass is 340 g/mol. The maximum atomic E-state index is 12.8. The van der Waals surface area contributed by atoms with Crippen LogP contribution in [0.25, 0.3) is 0 Å². The van der Waals surface area contributed by atoms with E-state index >= 15 is 0 Å². The van der Waals surface area contributed by atoms with Gasteiger partial charge in [-0.05, 0) is 50.3 Å². The number of carbonyl (C=O) groups is 1. The Balaban J connectivity index is 2.25. The van der Waals surface area contributed by atoms with E-state index < -0.39 is 0 Å². The van der Waals surface area contributed by atoms with Gasteiger partial charge in [0.15, 0.2) is 5.96 Å². The van der Waals surface area contributed by atoms with Crippen LogP contribution in [0.3, 0.4) is 0 Å². The first-order valence-corrected chi connectivity index (χ1v) is 8.81. The fourth-order valence-electron chi connectivity index (χ4n) is 1.75. The van der Waals surface area contributed by atoms with Gasteiger partial charge in [-0.3, -0.25) is 4.79 Å². The van der Waals surface area contributed by atoms with E-state index in [1.165, 1.54) is 12.1 Å². The van der Waals surface area contributed by atoms with Gasteiger partial charge < -0.3 is 16.0 Å². The predicted octanol–water partition coefficient (Wildman–Crippen LogP) is 2.00. The van der Waals surface area contributed by atoms with Crippen LogP contribution in [0.5, 0.6) is 0 Å². The summed E-state index contributed by atoms with van der Waals surface area (Å²) in [6.45, 7) is 6.09. The fourth-order valence-corrected chi connectivity index (χ4v) is 2.60. The molecular weight excluding hydrogens is 315 g/mol. The lowest BCUT2D eigenvalue weighted by Crippen LogP contribution is -2.39. The van der Waals surface area contributed by atoms with Crippen LogP contribution in [-0.2, 0) is 4.79 Å². The Morgan fingerprint density at radius 2 is 1.83 bits per heavy atom. The molecule has 0 spiro atoms. The van der Waals surface area contributed by atoms with Gasteiger partial charge >= 0.3 is 0 Å². The van der Waals surface area contributed by atoms with Crippen LogP contribution in [0.15, 0.2) is 34.2 Å². The summed E-state index contributed by atoms with van der Waals surface area (Å²) < 4.78 is 12.8. The molecule has 0 aliphatic heterocycles. The van der Waals surface area contributed by atoms with Crippen LogP contribution < -0.4 is 16.0 Å². The average molecular weight is 340 g/mol. The SMILES string of the molecule is CCNC(=O)CN=C(NCC)NCCCSc1ccc(F)cc1. The number of guanidine groups is 1. The second-order valence-corrected chi connectivity index (χ2v) is 5.90. The molecule has 0 radical (unpaired) electrons. The van der Waals surface area contributed by atoms with Crippen LogP contribution >= 0.6 is 11.8 Å². The van der Waals surface area contributed by atoms with Crippen molar-refractivity contribution in [1.82, 2.24) is 16.0 Å². The van der Waals surface area contributed by atoms with Crippen molar-refractivity contribution in [3.63, 3.8) is 0 Å². The number of halogens is 1. The molecule has 0 saturated carbocycles. The molecule has 5 nitrogen and oxygen atoms in total. The molecule has 0 fully saturated rings. The first kappa shape index (κ1) is 19.3. The average Bonchev–Trinajstić information content (AvgIpc) is 2.54. The van der Waals surface area contributed by atoms with Gasteiger partial charge in [0.2, 0.25) is 5.91 Å². The quantitative estimate of drug-likeness (QED) is 0.278. The van der Waals surface area contributed by atoms with E-state index in [0.717, 1.165) is 30.2 Å². The van der Waals surface area contributed by atoms with E-state index in [9.17, 15) is 9.18 Å². The highest BCUT2D eigenvalue weighted by molar-refractivity contribution is 7.99. The lowest BCUT2D eigenvalue weighted by Gasteiger charge is -2.11. The van der Waals surface area contributed by atoms with Crippen LogP contribution in [0.4, 0.5) is 4.39 Å². The van der Waals surface area contributed by atoms with Crippen molar-refractivity contribution in [3.8, 4) is 0 Å². The van der Waals surface area contributed by atoms with Crippen molar-refractivity contribution in [1.29, 1.82) is 0 Å². The van der Waals surface area contributed by atoms with Crippen molar-refractivity contribution in [2.24, 2.45) is 4.99 Å². The van der Waals surface area contributed by atoms with Gasteiger partial charge in [0.05, 0.1) is 0 Å². The van der Waals surface area contributed by atoms with Gasteiger partial charge in [-0.2, -0.15) is 0 Å². The molecule has 1 amide bonds. The van der Waals surface area contributed by atoms with E-state index in [1.54, 1.807) is 23.9 Å². The van der Waals surface area contributed by atoms with Crippen molar-refractivity contribution < 1.29 is 9.18 Å². The maximum Gasteiger partial charge on any atom is 0.241 e.